The summed E-state index contributed by atoms with van der Waals surface area (Å²) in [5, 5.41) is 26.5. The molecule has 0 aliphatic carbocycles. The molecule has 0 saturated heterocycles. The van der Waals surface area contributed by atoms with E-state index in [-0.39, 0.29) is 85.9 Å². The first-order valence-corrected chi connectivity index (χ1v) is 25.3. The fourth-order valence-corrected chi connectivity index (χ4v) is 7.81. The molecular weight excluding hydrogens is 1040 g/mol. The number of aliphatic hydroxyl groups is 1. The molecule has 9 atom stereocenters. The number of aliphatic imine (C=N–C) groups is 2. The highest BCUT2D eigenvalue weighted by Crippen LogP contribution is 2.23. The predicted molar refractivity (Wildman–Crippen MR) is 285 cm³/mol. The topological polar surface area (TPSA) is 473 Å². The van der Waals surface area contributed by atoms with Crippen molar-refractivity contribution in [1.29, 1.82) is 0 Å². The van der Waals surface area contributed by atoms with E-state index < -0.39 is 132 Å². The number of amides is 10. The van der Waals surface area contributed by atoms with Gasteiger partial charge in [0.1, 0.15) is 42.3 Å². The number of primary amides is 3. The summed E-state index contributed by atoms with van der Waals surface area (Å²) in [4.78, 5) is 142. The summed E-state index contributed by atoms with van der Waals surface area (Å²) >= 11 is 12.2. The van der Waals surface area contributed by atoms with Gasteiger partial charge < -0.3 is 82.0 Å². The highest BCUT2D eigenvalue weighted by atomic mass is 35.5. The van der Waals surface area contributed by atoms with Crippen LogP contribution in [-0.2, 0) is 54.4 Å². The zero-order valence-electron chi connectivity index (χ0n) is 44.0. The van der Waals surface area contributed by atoms with Gasteiger partial charge in [0.2, 0.25) is 59.1 Å². The summed E-state index contributed by atoms with van der Waals surface area (Å²) in [6.07, 6.45) is -2.91. The Hall–Kier alpha value is -7.00. The molecule has 0 aliphatic heterocycles. The molecule has 0 unspecified atom stereocenters. The van der Waals surface area contributed by atoms with Crippen molar-refractivity contribution < 1.29 is 53.1 Å². The number of aliphatic hydroxyl groups excluding tert-OH is 1. The third kappa shape index (κ3) is 24.6. The number of nitrogens with one attached hydrogen (secondary N) is 6. The van der Waals surface area contributed by atoms with Gasteiger partial charge in [-0.15, -0.1) is 0 Å². The zero-order chi connectivity index (χ0) is 58.1. The standard InChI is InChI=1S/C47H78Cl2N16O11/c1-22(2)18-32(62-39(70)24(5)19-35(51)68)41(72)63-36(23(3)4)43(74)64-37(25(6)66)44(75)59-29(10-8-16-57-46(53)54)40(71)60-30(14-15-34(50)67)45(76)65(7)33(11-9-17-58-47(55)56)42(73)61-31(38(52)69)21-26-12-13-27(48)28(49)20-26/h12-13,20,22-25,29-33,36-37,66H,8-11,14-19,21H2,1-7H3,(H2,50,67)(H2,51,68)(H2,52,69)(H,59,75)(H,60,71)(H,61,73)(H,62,70)(H,63,72)(H,64,74)(H4,53,54,57)(H4,55,56,58)/t24-,25+,29-,30-,31-,32-,33-,36-,37-/m0/s1. The number of hydrogen-bond acceptors (Lipinski definition) is 13. The summed E-state index contributed by atoms with van der Waals surface area (Å²) in [6, 6.07) is -5.57. The summed E-state index contributed by atoms with van der Waals surface area (Å²) < 4.78 is 0. The largest absolute Gasteiger partial charge is 0.391 e. The first-order chi connectivity index (χ1) is 35.4. The van der Waals surface area contributed by atoms with Crippen molar-refractivity contribution in [3.05, 3.63) is 33.8 Å². The van der Waals surface area contributed by atoms with Crippen molar-refractivity contribution in [3.8, 4) is 0 Å². The molecule has 21 N–H and O–H groups in total. The van der Waals surface area contributed by atoms with Crippen LogP contribution in [0.4, 0.5) is 0 Å². The zero-order valence-corrected chi connectivity index (χ0v) is 45.5. The molecule has 0 aliphatic rings. The minimum atomic E-state index is -1.77. The lowest BCUT2D eigenvalue weighted by Gasteiger charge is -2.32. The molecule has 76 heavy (non-hydrogen) atoms. The van der Waals surface area contributed by atoms with Gasteiger partial charge in [0, 0.05) is 45.3 Å². The van der Waals surface area contributed by atoms with Crippen LogP contribution in [0.15, 0.2) is 28.2 Å². The summed E-state index contributed by atoms with van der Waals surface area (Å²) in [5.41, 5.74) is 38.8. The van der Waals surface area contributed by atoms with E-state index in [9.17, 15) is 53.1 Å². The number of hydrogen-bond donors (Lipinski definition) is 14. The van der Waals surface area contributed by atoms with Gasteiger partial charge >= 0.3 is 0 Å². The van der Waals surface area contributed by atoms with Crippen molar-refractivity contribution in [2.24, 2.45) is 67.9 Å². The molecule has 29 heteroatoms. The van der Waals surface area contributed by atoms with Crippen LogP contribution in [0.1, 0.15) is 98.5 Å². The van der Waals surface area contributed by atoms with Crippen LogP contribution >= 0.6 is 23.2 Å². The van der Waals surface area contributed by atoms with Gasteiger partial charge in [-0.25, -0.2) is 0 Å². The highest BCUT2D eigenvalue weighted by molar-refractivity contribution is 6.42. The molecule has 0 aromatic heterocycles. The number of halogens is 2. The second-order valence-electron chi connectivity index (χ2n) is 19.1. The average Bonchev–Trinajstić information content (AvgIpc) is 3.31. The number of rotatable bonds is 34. The maximum absolute atomic E-state index is 14.5. The van der Waals surface area contributed by atoms with Crippen LogP contribution in [0.25, 0.3) is 0 Å². The van der Waals surface area contributed by atoms with Gasteiger partial charge in [-0.05, 0) is 75.0 Å². The van der Waals surface area contributed by atoms with Crippen molar-refractivity contribution in [2.45, 2.75) is 148 Å². The third-order valence-electron chi connectivity index (χ3n) is 11.6. The first-order valence-electron chi connectivity index (χ1n) is 24.5. The molecule has 1 rings (SSSR count). The Labute approximate surface area is 452 Å². The van der Waals surface area contributed by atoms with Crippen molar-refractivity contribution in [1.82, 2.24) is 36.8 Å². The number of carbonyl (C=O) groups is 10. The Morgan fingerprint density at radius 1 is 0.592 bits per heavy atom. The molecule has 0 heterocycles. The Kier molecular flexibility index (Phi) is 29.2. The molecule has 1 aromatic rings. The molecule has 426 valence electrons. The number of carbonyl (C=O) groups excluding carboxylic acids is 10. The Balaban J connectivity index is 3.62. The molecule has 0 fully saturated rings. The van der Waals surface area contributed by atoms with Gasteiger partial charge in [0.25, 0.3) is 0 Å². The van der Waals surface area contributed by atoms with E-state index in [4.69, 9.17) is 63.3 Å². The first kappa shape index (κ1) is 67.0. The van der Waals surface area contributed by atoms with Gasteiger partial charge in [-0.3, -0.25) is 57.9 Å². The summed E-state index contributed by atoms with van der Waals surface area (Å²) in [6.45, 7) is 9.40. The second kappa shape index (κ2) is 33.1. The summed E-state index contributed by atoms with van der Waals surface area (Å²) in [7, 11) is 1.24. The van der Waals surface area contributed by atoms with E-state index in [1.165, 1.54) is 33.0 Å². The highest BCUT2D eigenvalue weighted by Gasteiger charge is 2.38. The maximum Gasteiger partial charge on any atom is 0.245 e. The van der Waals surface area contributed by atoms with E-state index in [2.05, 4.69) is 41.9 Å². The Morgan fingerprint density at radius 3 is 1.61 bits per heavy atom. The maximum atomic E-state index is 14.5. The fraction of sp³-hybridized carbons (Fsp3) is 0.617. The lowest BCUT2D eigenvalue weighted by atomic mass is 9.98. The van der Waals surface area contributed by atoms with Crippen molar-refractivity contribution in [3.63, 3.8) is 0 Å². The Morgan fingerprint density at radius 2 is 1.11 bits per heavy atom. The average molecular weight is 1110 g/mol. The van der Waals surface area contributed by atoms with E-state index in [1.54, 1.807) is 33.8 Å². The monoisotopic (exact) mass is 1110 g/mol. The molecule has 0 radical (unpaired) electrons. The van der Waals surface area contributed by atoms with Gasteiger partial charge in [0.15, 0.2) is 11.9 Å². The van der Waals surface area contributed by atoms with E-state index >= 15 is 0 Å². The quantitative estimate of drug-likeness (QED) is 0.0183. The number of benzene rings is 1. The van der Waals surface area contributed by atoms with Gasteiger partial charge in [-0.1, -0.05) is 63.9 Å². The van der Waals surface area contributed by atoms with Crippen LogP contribution in [-0.4, -0.2) is 150 Å². The second-order valence-corrected chi connectivity index (χ2v) is 19.9. The van der Waals surface area contributed by atoms with Crippen LogP contribution in [0.2, 0.25) is 10.0 Å². The predicted octanol–water partition coefficient (Wildman–Crippen LogP) is -3.28. The number of nitrogens with zero attached hydrogens (tertiary/aromatic N) is 3. The Bertz CT molecular complexity index is 2260. The van der Waals surface area contributed by atoms with Crippen LogP contribution in [0.5, 0.6) is 0 Å². The SMILES string of the molecule is CC(C)C[C@H](NC(=O)[C@@H](C)CC(N)=O)C(=O)N[C@H](C(=O)N[C@H](C(=O)N[C@@H](CCCN=C(N)N)C(=O)N[C@@H](CCC(N)=O)C(=O)N(C)[C@@H](CCCN=C(N)N)C(=O)N[C@@H](Cc1ccc(Cl)c(Cl)c1)C(N)=O)[C@@H](C)O)C(C)C. The lowest BCUT2D eigenvalue weighted by molar-refractivity contribution is -0.143. The summed E-state index contributed by atoms with van der Waals surface area (Å²) in [5.74, 6) is -10.8. The normalized spacial score (nSPS) is 14.6. The van der Waals surface area contributed by atoms with Crippen LogP contribution in [0.3, 0.4) is 0 Å². The number of guanidine groups is 2. The lowest BCUT2D eigenvalue weighted by Crippen LogP contribution is -2.62. The molecule has 27 nitrogen and oxygen atoms in total. The fourth-order valence-electron chi connectivity index (χ4n) is 7.48. The van der Waals surface area contributed by atoms with E-state index in [1.807, 2.05) is 0 Å². The molecule has 1 aromatic carbocycles. The molecule has 0 spiro atoms. The smallest absolute Gasteiger partial charge is 0.245 e. The molecule has 0 saturated carbocycles. The van der Waals surface area contributed by atoms with Gasteiger partial charge in [-0.2, -0.15) is 0 Å². The minimum absolute atomic E-state index is 0.0129. The number of likely N-dealkylation sites (N-methyl/N-ethyl adjacent to an activating group) is 1. The molecule has 10 amide bonds. The third-order valence-corrected chi connectivity index (χ3v) is 12.3. The van der Waals surface area contributed by atoms with E-state index in [0.717, 1.165) is 4.90 Å². The van der Waals surface area contributed by atoms with Crippen LogP contribution in [0, 0.1) is 17.8 Å². The van der Waals surface area contributed by atoms with Crippen molar-refractivity contribution >= 4 is 94.2 Å². The van der Waals surface area contributed by atoms with E-state index in [0.29, 0.717) is 5.56 Å². The minimum Gasteiger partial charge on any atom is -0.391 e. The molecule has 0 bridgehead atoms. The molecular formula is C47H78Cl2N16O11. The van der Waals surface area contributed by atoms with Gasteiger partial charge in [0.05, 0.1) is 16.1 Å². The van der Waals surface area contributed by atoms with Crippen molar-refractivity contribution in [2.75, 3.05) is 20.1 Å². The number of nitrogens with two attached hydrogens (primary N) is 7. The van der Waals surface area contributed by atoms with Crippen LogP contribution < -0.4 is 72.0 Å².